The van der Waals surface area contributed by atoms with Crippen LogP contribution in [0, 0.1) is 6.92 Å². The smallest absolute Gasteiger partial charge is 0.183 e. The lowest BCUT2D eigenvalue weighted by molar-refractivity contribution is 0.882. The molecule has 0 aliphatic heterocycles. The van der Waals surface area contributed by atoms with Gasteiger partial charge in [0.2, 0.25) is 0 Å². The van der Waals surface area contributed by atoms with E-state index < -0.39 is 0 Å². The van der Waals surface area contributed by atoms with Gasteiger partial charge in [0, 0.05) is 10.6 Å². The zero-order valence-electron chi connectivity index (χ0n) is 14.1. The molecule has 5 aromatic rings. The highest BCUT2D eigenvalue weighted by Crippen LogP contribution is 2.29. The quantitative estimate of drug-likeness (QED) is 0.433. The van der Waals surface area contributed by atoms with Gasteiger partial charge in [-0.2, -0.15) is 5.10 Å². The van der Waals surface area contributed by atoms with Crippen molar-refractivity contribution in [1.29, 1.82) is 0 Å². The number of halogens is 2. The first-order valence-electron chi connectivity index (χ1n) is 8.22. The summed E-state index contributed by atoms with van der Waals surface area (Å²) in [5, 5.41) is 10.9. The van der Waals surface area contributed by atoms with Gasteiger partial charge in [0.05, 0.1) is 22.3 Å². The molecule has 0 saturated heterocycles. The Hall–Kier alpha value is -2.96. The van der Waals surface area contributed by atoms with E-state index in [-0.39, 0.29) is 0 Å². The second-order valence-electron chi connectivity index (χ2n) is 6.20. The Balaban J connectivity index is 1.69. The maximum Gasteiger partial charge on any atom is 0.183 e. The molecule has 27 heavy (non-hydrogen) atoms. The van der Waals surface area contributed by atoms with Gasteiger partial charge < -0.3 is 0 Å². The first-order valence-corrected chi connectivity index (χ1v) is 8.97. The van der Waals surface area contributed by atoms with Gasteiger partial charge in [0.25, 0.3) is 0 Å². The zero-order chi connectivity index (χ0) is 18.5. The molecule has 3 heterocycles. The minimum atomic E-state index is 0.498. The standard InChI is InChI=1S/C19H12Cl2N6/c1-11-2-5-13(6-3-11)27-18-15(9-23-27)19-24-17(25-26(19)10-22-18)14-7-4-12(20)8-16(14)21/h2-10H,1H3. The number of aromatic nitrogens is 6. The number of aryl methyl sites for hydroxylation is 1. The lowest BCUT2D eigenvalue weighted by atomic mass is 10.2. The Bertz CT molecular complexity index is 1300. The van der Waals surface area contributed by atoms with Crippen LogP contribution in [-0.2, 0) is 0 Å². The van der Waals surface area contributed by atoms with Crippen LogP contribution in [0.5, 0.6) is 0 Å². The fourth-order valence-electron chi connectivity index (χ4n) is 2.98. The first kappa shape index (κ1) is 16.2. The van der Waals surface area contributed by atoms with Crippen LogP contribution < -0.4 is 0 Å². The largest absolute Gasteiger partial charge is 0.216 e. The molecule has 2 aromatic carbocycles. The topological polar surface area (TPSA) is 60.9 Å². The van der Waals surface area contributed by atoms with Crippen molar-refractivity contribution in [3.05, 3.63) is 70.6 Å². The van der Waals surface area contributed by atoms with Crippen molar-refractivity contribution in [2.45, 2.75) is 6.92 Å². The number of nitrogens with zero attached hydrogens (tertiary/aromatic N) is 6. The van der Waals surface area contributed by atoms with Crippen molar-refractivity contribution >= 4 is 39.9 Å². The molecule has 0 unspecified atom stereocenters. The minimum Gasteiger partial charge on any atom is -0.216 e. The van der Waals surface area contributed by atoms with E-state index in [1.54, 1.807) is 39.9 Å². The van der Waals surface area contributed by atoms with Crippen LogP contribution in [0.1, 0.15) is 5.56 Å². The molecule has 132 valence electrons. The maximum atomic E-state index is 6.30. The Morgan fingerprint density at radius 3 is 2.56 bits per heavy atom. The summed E-state index contributed by atoms with van der Waals surface area (Å²) >= 11 is 12.3. The van der Waals surface area contributed by atoms with Crippen molar-refractivity contribution in [1.82, 2.24) is 29.4 Å². The summed E-state index contributed by atoms with van der Waals surface area (Å²) in [6.45, 7) is 2.05. The normalized spacial score (nSPS) is 11.5. The molecule has 6 nitrogen and oxygen atoms in total. The van der Waals surface area contributed by atoms with Crippen molar-refractivity contribution in [2.75, 3.05) is 0 Å². The molecule has 0 spiro atoms. The van der Waals surface area contributed by atoms with Crippen LogP contribution in [0.2, 0.25) is 10.0 Å². The van der Waals surface area contributed by atoms with Gasteiger partial charge in [0.15, 0.2) is 17.1 Å². The number of hydrogen-bond donors (Lipinski definition) is 0. The summed E-state index contributed by atoms with van der Waals surface area (Å²) in [5.41, 5.74) is 4.22. The predicted octanol–water partition coefficient (Wildman–Crippen LogP) is 4.75. The number of benzene rings is 2. The van der Waals surface area contributed by atoms with E-state index in [2.05, 4.69) is 20.2 Å². The molecule has 0 N–H and O–H groups in total. The van der Waals surface area contributed by atoms with Crippen LogP contribution >= 0.6 is 23.2 Å². The van der Waals surface area contributed by atoms with Crippen LogP contribution in [0.4, 0.5) is 0 Å². The van der Waals surface area contributed by atoms with Gasteiger partial charge in [0.1, 0.15) is 6.33 Å². The van der Waals surface area contributed by atoms with E-state index in [1.807, 2.05) is 31.2 Å². The molecule has 0 radical (unpaired) electrons. The molecule has 8 heteroatoms. The first-order chi connectivity index (χ1) is 13.1. The van der Waals surface area contributed by atoms with Gasteiger partial charge in [-0.3, -0.25) is 0 Å². The Kier molecular flexibility index (Phi) is 3.63. The fraction of sp³-hybridized carbons (Fsp3) is 0.0526. The van der Waals surface area contributed by atoms with E-state index in [0.29, 0.717) is 32.7 Å². The van der Waals surface area contributed by atoms with Crippen LogP contribution in [0.25, 0.3) is 33.8 Å². The second kappa shape index (κ2) is 6.04. The maximum absolute atomic E-state index is 6.30. The second-order valence-corrected chi connectivity index (χ2v) is 7.05. The van der Waals surface area contributed by atoms with Crippen molar-refractivity contribution in [3.8, 4) is 17.1 Å². The van der Waals surface area contributed by atoms with Gasteiger partial charge in [-0.15, -0.1) is 5.10 Å². The summed E-state index contributed by atoms with van der Waals surface area (Å²) in [6.07, 6.45) is 3.38. The van der Waals surface area contributed by atoms with E-state index >= 15 is 0 Å². The van der Waals surface area contributed by atoms with Crippen LogP contribution in [0.3, 0.4) is 0 Å². The molecule has 5 rings (SSSR count). The van der Waals surface area contributed by atoms with Crippen molar-refractivity contribution in [3.63, 3.8) is 0 Å². The minimum absolute atomic E-state index is 0.498. The molecular weight excluding hydrogens is 383 g/mol. The molecule has 0 bridgehead atoms. The van der Waals surface area contributed by atoms with E-state index in [1.165, 1.54) is 5.56 Å². The molecule has 0 amide bonds. The van der Waals surface area contributed by atoms with Gasteiger partial charge in [-0.1, -0.05) is 40.9 Å². The summed E-state index contributed by atoms with van der Waals surface area (Å²) < 4.78 is 3.42. The molecule has 0 fully saturated rings. The summed E-state index contributed by atoms with van der Waals surface area (Å²) in [6, 6.07) is 13.3. The number of hydrogen-bond acceptors (Lipinski definition) is 4. The highest BCUT2D eigenvalue weighted by Gasteiger charge is 2.16. The van der Waals surface area contributed by atoms with E-state index in [0.717, 1.165) is 11.1 Å². The van der Waals surface area contributed by atoms with Gasteiger partial charge >= 0.3 is 0 Å². The lowest BCUT2D eigenvalue weighted by Crippen LogP contribution is -1.98. The predicted molar refractivity (Wildman–Crippen MR) is 106 cm³/mol. The van der Waals surface area contributed by atoms with E-state index in [4.69, 9.17) is 23.2 Å². The Morgan fingerprint density at radius 2 is 1.78 bits per heavy atom. The summed E-state index contributed by atoms with van der Waals surface area (Å²) in [5.74, 6) is 0.508. The third-order valence-electron chi connectivity index (χ3n) is 4.36. The molecule has 3 aromatic heterocycles. The highest BCUT2D eigenvalue weighted by atomic mass is 35.5. The Labute approximate surface area is 164 Å². The molecular formula is C19H12Cl2N6. The SMILES string of the molecule is Cc1ccc(-n2ncc3c2ncn2nc(-c4ccc(Cl)cc4Cl)nc32)cc1. The monoisotopic (exact) mass is 394 g/mol. The third-order valence-corrected chi connectivity index (χ3v) is 4.90. The fourth-order valence-corrected chi connectivity index (χ4v) is 3.47. The summed E-state index contributed by atoms with van der Waals surface area (Å²) in [7, 11) is 0. The highest BCUT2D eigenvalue weighted by molar-refractivity contribution is 6.36. The van der Waals surface area contributed by atoms with Crippen LogP contribution in [0.15, 0.2) is 55.0 Å². The molecule has 0 aliphatic rings. The average molecular weight is 395 g/mol. The molecule has 0 saturated carbocycles. The Morgan fingerprint density at radius 1 is 0.963 bits per heavy atom. The summed E-state index contributed by atoms with van der Waals surface area (Å²) in [4.78, 5) is 9.17. The lowest BCUT2D eigenvalue weighted by Gasteiger charge is -2.03. The number of rotatable bonds is 2. The molecule has 0 aliphatic carbocycles. The van der Waals surface area contributed by atoms with Crippen molar-refractivity contribution in [2.24, 2.45) is 0 Å². The zero-order valence-corrected chi connectivity index (χ0v) is 15.6. The third kappa shape index (κ3) is 2.65. The van der Waals surface area contributed by atoms with Crippen LogP contribution in [-0.4, -0.2) is 29.4 Å². The van der Waals surface area contributed by atoms with Gasteiger partial charge in [-0.05, 0) is 37.3 Å². The average Bonchev–Trinajstić information content (AvgIpc) is 3.26. The number of fused-ring (bicyclic) bond motifs is 3. The van der Waals surface area contributed by atoms with Gasteiger partial charge in [-0.25, -0.2) is 19.2 Å². The van der Waals surface area contributed by atoms with E-state index in [9.17, 15) is 0 Å². The van der Waals surface area contributed by atoms with Crippen molar-refractivity contribution < 1.29 is 0 Å². The molecule has 0 atom stereocenters.